The quantitative estimate of drug-likeness (QED) is 0.521. The molecule has 0 radical (unpaired) electrons. The van der Waals surface area contributed by atoms with Crippen LogP contribution in [-0.2, 0) is 13.2 Å². The van der Waals surface area contributed by atoms with E-state index in [0.717, 1.165) is 34.0 Å². The third-order valence-electron chi connectivity index (χ3n) is 4.34. The third kappa shape index (κ3) is 4.04. The van der Waals surface area contributed by atoms with Crippen LogP contribution in [0.2, 0.25) is 5.02 Å². The van der Waals surface area contributed by atoms with E-state index in [1.54, 1.807) is 12.5 Å². The molecule has 0 amide bonds. The minimum atomic E-state index is 0.507. The van der Waals surface area contributed by atoms with Crippen LogP contribution in [-0.4, -0.2) is 19.7 Å². The number of hydrogen-bond donors (Lipinski definition) is 1. The second kappa shape index (κ2) is 7.68. The van der Waals surface area contributed by atoms with Crippen molar-refractivity contribution in [1.82, 2.24) is 19.7 Å². The Bertz CT molecular complexity index is 1030. The van der Waals surface area contributed by atoms with Crippen LogP contribution in [0, 0.1) is 6.92 Å². The summed E-state index contributed by atoms with van der Waals surface area (Å²) in [5.41, 5.74) is 4.91. The van der Waals surface area contributed by atoms with E-state index in [2.05, 4.69) is 15.1 Å². The number of ether oxygens (including phenoxy) is 1. The van der Waals surface area contributed by atoms with Crippen molar-refractivity contribution in [2.75, 3.05) is 0 Å². The van der Waals surface area contributed by atoms with Crippen LogP contribution in [0.3, 0.4) is 0 Å². The van der Waals surface area contributed by atoms with Crippen molar-refractivity contribution in [2.45, 2.75) is 20.1 Å². The second-order valence-electron chi connectivity index (χ2n) is 6.32. The number of nitrogens with one attached hydrogen (secondary N) is 1. The molecule has 2 aromatic carbocycles. The molecule has 0 fully saturated rings. The zero-order valence-corrected chi connectivity index (χ0v) is 15.6. The summed E-state index contributed by atoms with van der Waals surface area (Å²) in [6, 6.07) is 17.8. The molecule has 0 atom stereocenters. The maximum Gasteiger partial charge on any atom is 0.124 e. The predicted molar refractivity (Wildman–Crippen MR) is 106 cm³/mol. The minimum Gasteiger partial charge on any atom is -0.489 e. The highest BCUT2D eigenvalue weighted by atomic mass is 35.5. The summed E-state index contributed by atoms with van der Waals surface area (Å²) in [4.78, 5) is 7.14. The van der Waals surface area contributed by atoms with E-state index in [0.29, 0.717) is 18.2 Å². The average Bonchev–Trinajstić information content (AvgIpc) is 3.32. The van der Waals surface area contributed by atoms with Gasteiger partial charge in [0.1, 0.15) is 18.1 Å². The molecule has 27 heavy (non-hydrogen) atoms. The monoisotopic (exact) mass is 378 g/mol. The molecule has 5 nitrogen and oxygen atoms in total. The molecule has 0 saturated heterocycles. The maximum absolute atomic E-state index is 6.23. The summed E-state index contributed by atoms with van der Waals surface area (Å²) >= 11 is 6.23. The Labute approximate surface area is 162 Å². The van der Waals surface area contributed by atoms with Crippen molar-refractivity contribution in [1.29, 1.82) is 0 Å². The molecular formula is C21H19ClN4O. The van der Waals surface area contributed by atoms with E-state index < -0.39 is 0 Å². The molecule has 4 rings (SSSR count). The van der Waals surface area contributed by atoms with Gasteiger partial charge in [0.05, 0.1) is 24.8 Å². The van der Waals surface area contributed by atoms with Gasteiger partial charge in [0.2, 0.25) is 0 Å². The maximum atomic E-state index is 6.23. The number of nitrogens with zero attached hydrogens (tertiary/aromatic N) is 3. The summed E-state index contributed by atoms with van der Waals surface area (Å²) in [5.74, 6) is 0.807. The van der Waals surface area contributed by atoms with Gasteiger partial charge in [0, 0.05) is 16.3 Å². The molecule has 0 unspecified atom stereocenters. The molecule has 1 N–H and O–H groups in total. The van der Waals surface area contributed by atoms with E-state index in [-0.39, 0.29) is 0 Å². The molecule has 2 heterocycles. The van der Waals surface area contributed by atoms with Crippen LogP contribution in [0.25, 0.3) is 11.4 Å². The Morgan fingerprint density at radius 1 is 1.11 bits per heavy atom. The summed E-state index contributed by atoms with van der Waals surface area (Å²) in [6.07, 6.45) is 3.41. The van der Waals surface area contributed by atoms with Crippen LogP contribution in [0.1, 0.15) is 16.8 Å². The van der Waals surface area contributed by atoms with Gasteiger partial charge in [0.25, 0.3) is 0 Å². The van der Waals surface area contributed by atoms with Gasteiger partial charge in [0.15, 0.2) is 0 Å². The summed E-state index contributed by atoms with van der Waals surface area (Å²) in [5, 5.41) is 5.36. The highest BCUT2D eigenvalue weighted by Gasteiger charge is 2.11. The number of benzene rings is 2. The van der Waals surface area contributed by atoms with Gasteiger partial charge in [-0.05, 0) is 36.8 Å². The van der Waals surface area contributed by atoms with Gasteiger partial charge in [-0.2, -0.15) is 5.10 Å². The van der Waals surface area contributed by atoms with Gasteiger partial charge in [-0.3, -0.25) is 4.68 Å². The van der Waals surface area contributed by atoms with E-state index in [1.165, 1.54) is 0 Å². The number of halogens is 1. The number of aryl methyl sites for hydroxylation is 1. The summed E-state index contributed by atoms with van der Waals surface area (Å²) < 4.78 is 8.00. The van der Waals surface area contributed by atoms with E-state index in [9.17, 15) is 0 Å². The van der Waals surface area contributed by atoms with Gasteiger partial charge < -0.3 is 9.72 Å². The van der Waals surface area contributed by atoms with Crippen molar-refractivity contribution >= 4 is 11.6 Å². The van der Waals surface area contributed by atoms with Gasteiger partial charge in [-0.15, -0.1) is 0 Å². The molecule has 2 aromatic heterocycles. The number of aromatic amines is 1. The normalized spacial score (nSPS) is 10.9. The molecule has 0 aliphatic heterocycles. The third-order valence-corrected chi connectivity index (χ3v) is 4.57. The first-order valence-electron chi connectivity index (χ1n) is 8.67. The molecule has 4 aromatic rings. The Morgan fingerprint density at radius 3 is 2.74 bits per heavy atom. The fourth-order valence-electron chi connectivity index (χ4n) is 2.91. The van der Waals surface area contributed by atoms with Crippen molar-refractivity contribution in [3.8, 4) is 17.1 Å². The minimum absolute atomic E-state index is 0.507. The van der Waals surface area contributed by atoms with Crippen molar-refractivity contribution in [3.63, 3.8) is 0 Å². The van der Waals surface area contributed by atoms with E-state index >= 15 is 0 Å². The van der Waals surface area contributed by atoms with Gasteiger partial charge >= 0.3 is 0 Å². The van der Waals surface area contributed by atoms with Gasteiger partial charge in [-0.1, -0.05) is 41.9 Å². The zero-order valence-electron chi connectivity index (χ0n) is 14.9. The number of imidazole rings is 1. The van der Waals surface area contributed by atoms with Crippen molar-refractivity contribution < 1.29 is 4.74 Å². The Hall–Kier alpha value is -3.05. The average molecular weight is 379 g/mol. The predicted octanol–water partition coefficient (Wildman–Crippen LogP) is 4.86. The Morgan fingerprint density at radius 2 is 1.96 bits per heavy atom. The standard InChI is InChI=1S/C21H19ClN4O/c1-15-9-19(20-11-23-14-24-20)25-26(15)12-17-10-18(22)7-8-21(17)27-13-16-5-3-2-4-6-16/h2-11,14H,12-13H2,1H3,(H,23,24). The lowest BCUT2D eigenvalue weighted by molar-refractivity contribution is 0.302. The molecular weight excluding hydrogens is 360 g/mol. The smallest absolute Gasteiger partial charge is 0.124 e. The highest BCUT2D eigenvalue weighted by molar-refractivity contribution is 6.30. The van der Waals surface area contributed by atoms with Crippen LogP contribution in [0.4, 0.5) is 0 Å². The topological polar surface area (TPSA) is 55.7 Å². The second-order valence-corrected chi connectivity index (χ2v) is 6.76. The largest absolute Gasteiger partial charge is 0.489 e. The first-order valence-corrected chi connectivity index (χ1v) is 9.05. The molecule has 136 valence electrons. The first-order chi connectivity index (χ1) is 13.2. The lowest BCUT2D eigenvalue weighted by Crippen LogP contribution is -2.06. The lowest BCUT2D eigenvalue weighted by atomic mass is 10.2. The fraction of sp³-hybridized carbons (Fsp3) is 0.143. The summed E-state index contributed by atoms with van der Waals surface area (Å²) in [7, 11) is 0. The molecule has 6 heteroatoms. The van der Waals surface area contributed by atoms with Crippen LogP contribution < -0.4 is 4.74 Å². The Balaban J connectivity index is 1.57. The molecule has 0 aliphatic rings. The molecule has 0 spiro atoms. The van der Waals surface area contributed by atoms with Crippen LogP contribution in [0.5, 0.6) is 5.75 Å². The van der Waals surface area contributed by atoms with E-state index in [4.69, 9.17) is 16.3 Å². The molecule has 0 aliphatic carbocycles. The summed E-state index contributed by atoms with van der Waals surface area (Å²) in [6.45, 7) is 3.11. The molecule has 0 bridgehead atoms. The number of aromatic nitrogens is 4. The SMILES string of the molecule is Cc1cc(-c2cnc[nH]2)nn1Cc1cc(Cl)ccc1OCc1ccccc1. The molecule has 0 saturated carbocycles. The van der Waals surface area contributed by atoms with Crippen molar-refractivity contribution in [3.05, 3.63) is 89.0 Å². The Kier molecular flexibility index (Phi) is 4.94. The first kappa shape index (κ1) is 17.4. The van der Waals surface area contributed by atoms with Gasteiger partial charge in [-0.25, -0.2) is 4.98 Å². The van der Waals surface area contributed by atoms with E-state index in [1.807, 2.05) is 66.2 Å². The lowest BCUT2D eigenvalue weighted by Gasteiger charge is -2.13. The number of rotatable bonds is 6. The number of hydrogen-bond acceptors (Lipinski definition) is 3. The van der Waals surface area contributed by atoms with Crippen molar-refractivity contribution in [2.24, 2.45) is 0 Å². The van der Waals surface area contributed by atoms with Crippen LogP contribution >= 0.6 is 11.6 Å². The number of H-pyrrole nitrogens is 1. The highest BCUT2D eigenvalue weighted by Crippen LogP contribution is 2.26. The van der Waals surface area contributed by atoms with Crippen LogP contribution in [0.15, 0.2) is 67.1 Å². The zero-order chi connectivity index (χ0) is 18.6. The fourth-order valence-corrected chi connectivity index (χ4v) is 3.10.